The molecule has 0 bridgehead atoms. The van der Waals surface area contributed by atoms with Crippen LogP contribution in [0.2, 0.25) is 0 Å². The molecule has 7 heteroatoms. The van der Waals surface area contributed by atoms with Gasteiger partial charge in [-0.15, -0.1) is 0 Å². The lowest BCUT2D eigenvalue weighted by Crippen LogP contribution is -2.08. The van der Waals surface area contributed by atoms with E-state index in [1.54, 1.807) is 30.3 Å². The van der Waals surface area contributed by atoms with E-state index in [9.17, 15) is 9.90 Å². The van der Waals surface area contributed by atoms with Gasteiger partial charge in [-0.25, -0.2) is 4.98 Å². The van der Waals surface area contributed by atoms with E-state index < -0.39 is 10.6 Å². The molecule has 1 heterocycles. The molecule has 1 aromatic heterocycles. The number of rotatable bonds is 5. The Bertz CT molecular complexity index is 989. The van der Waals surface area contributed by atoms with Gasteiger partial charge in [0.25, 0.3) is 0 Å². The maximum Gasteiger partial charge on any atom is 0.198 e. The average molecular weight is 392 g/mol. The highest BCUT2D eigenvalue weighted by Crippen LogP contribution is 2.36. The zero-order valence-electron chi connectivity index (χ0n) is 14.0. The minimum atomic E-state index is -1.03. The number of para-hydroxylation sites is 1. The van der Waals surface area contributed by atoms with Crippen LogP contribution in [0.5, 0.6) is 17.2 Å². The molecular formula is C19H15Cl2NO4. The molecule has 0 aliphatic carbocycles. The number of hydrogen-bond acceptors (Lipinski definition) is 5. The van der Waals surface area contributed by atoms with Gasteiger partial charge in [0.1, 0.15) is 22.1 Å². The standard InChI is InChI=1S/C19H15Cl2NO4/c1-25-10-7-14-12(16(8-10)26-2)9-13(17(22-14)19(20)21)18(24)11-5-3-4-6-15(11)23/h3-9,19,23H,1-2H3. The van der Waals surface area contributed by atoms with Gasteiger partial charge in [0.15, 0.2) is 5.78 Å². The number of benzene rings is 2. The van der Waals surface area contributed by atoms with Crippen LogP contribution in [-0.2, 0) is 0 Å². The third-order valence-corrected chi connectivity index (χ3v) is 4.37. The highest BCUT2D eigenvalue weighted by atomic mass is 35.5. The highest BCUT2D eigenvalue weighted by Gasteiger charge is 2.23. The summed E-state index contributed by atoms with van der Waals surface area (Å²) in [5.74, 6) is 0.473. The minimum Gasteiger partial charge on any atom is -0.507 e. The molecule has 0 radical (unpaired) electrons. The van der Waals surface area contributed by atoms with Crippen molar-refractivity contribution < 1.29 is 19.4 Å². The Balaban J connectivity index is 2.28. The Labute approximate surface area is 160 Å². The molecule has 26 heavy (non-hydrogen) atoms. The van der Waals surface area contributed by atoms with E-state index in [0.717, 1.165) is 0 Å². The summed E-state index contributed by atoms with van der Waals surface area (Å²) >= 11 is 12.1. The number of hydrogen-bond donors (Lipinski definition) is 1. The molecule has 3 aromatic rings. The van der Waals surface area contributed by atoms with Crippen LogP contribution < -0.4 is 9.47 Å². The first-order valence-corrected chi connectivity index (χ1v) is 8.51. The second-order valence-electron chi connectivity index (χ2n) is 5.46. The van der Waals surface area contributed by atoms with Crippen molar-refractivity contribution in [3.63, 3.8) is 0 Å². The fourth-order valence-corrected chi connectivity index (χ4v) is 3.01. The van der Waals surface area contributed by atoms with Gasteiger partial charge in [0.05, 0.1) is 31.0 Å². The van der Waals surface area contributed by atoms with E-state index in [2.05, 4.69) is 4.98 Å². The summed E-state index contributed by atoms with van der Waals surface area (Å²) in [6.45, 7) is 0. The van der Waals surface area contributed by atoms with Crippen LogP contribution in [0, 0.1) is 0 Å². The molecule has 0 fully saturated rings. The fraction of sp³-hybridized carbons (Fsp3) is 0.158. The number of carbonyl (C=O) groups excluding carboxylic acids is 1. The van der Waals surface area contributed by atoms with Gasteiger partial charge in [-0.2, -0.15) is 0 Å². The Morgan fingerprint density at radius 1 is 1.08 bits per heavy atom. The number of phenolic OH excluding ortho intramolecular Hbond substituents is 1. The van der Waals surface area contributed by atoms with E-state index in [-0.39, 0.29) is 22.6 Å². The topological polar surface area (TPSA) is 68.7 Å². The van der Waals surface area contributed by atoms with Crippen molar-refractivity contribution in [1.29, 1.82) is 0 Å². The number of halogens is 2. The van der Waals surface area contributed by atoms with Crippen molar-refractivity contribution >= 4 is 39.9 Å². The summed E-state index contributed by atoms with van der Waals surface area (Å²) in [5.41, 5.74) is 1.05. The molecule has 3 rings (SSSR count). The van der Waals surface area contributed by atoms with Crippen LogP contribution in [0.1, 0.15) is 26.5 Å². The number of carbonyl (C=O) groups is 1. The van der Waals surface area contributed by atoms with Crippen LogP contribution in [0.25, 0.3) is 10.9 Å². The Kier molecular flexibility index (Phi) is 5.20. The van der Waals surface area contributed by atoms with Crippen molar-refractivity contribution in [2.24, 2.45) is 0 Å². The lowest BCUT2D eigenvalue weighted by Gasteiger charge is -2.14. The molecule has 0 saturated carbocycles. The van der Waals surface area contributed by atoms with Gasteiger partial charge in [-0.05, 0) is 18.2 Å². The average Bonchev–Trinajstić information content (AvgIpc) is 2.65. The number of alkyl halides is 2. The summed E-state index contributed by atoms with van der Waals surface area (Å²) in [7, 11) is 3.04. The van der Waals surface area contributed by atoms with Crippen molar-refractivity contribution in [2.75, 3.05) is 14.2 Å². The van der Waals surface area contributed by atoms with Gasteiger partial charge in [-0.1, -0.05) is 35.3 Å². The summed E-state index contributed by atoms with van der Waals surface area (Å²) < 4.78 is 10.6. The number of ketones is 1. The largest absolute Gasteiger partial charge is 0.507 e. The fourth-order valence-electron chi connectivity index (χ4n) is 2.68. The van der Waals surface area contributed by atoms with Gasteiger partial charge in [-0.3, -0.25) is 4.79 Å². The third-order valence-electron chi connectivity index (χ3n) is 3.95. The molecule has 0 amide bonds. The number of aromatic hydroxyl groups is 1. The molecule has 0 aliphatic heterocycles. The quantitative estimate of drug-likeness (QED) is 0.505. The van der Waals surface area contributed by atoms with E-state index >= 15 is 0 Å². The number of ether oxygens (including phenoxy) is 2. The number of pyridine rings is 1. The summed E-state index contributed by atoms with van der Waals surface area (Å²) in [5, 5.41) is 10.6. The zero-order chi connectivity index (χ0) is 18.8. The number of fused-ring (bicyclic) bond motifs is 1. The molecule has 0 aliphatic rings. The molecule has 0 atom stereocenters. The first kappa shape index (κ1) is 18.3. The van der Waals surface area contributed by atoms with Crippen LogP contribution in [0.3, 0.4) is 0 Å². The number of nitrogens with zero attached hydrogens (tertiary/aromatic N) is 1. The second kappa shape index (κ2) is 7.40. The molecule has 5 nitrogen and oxygen atoms in total. The highest BCUT2D eigenvalue weighted by molar-refractivity contribution is 6.44. The first-order valence-electron chi connectivity index (χ1n) is 7.63. The van der Waals surface area contributed by atoms with Crippen LogP contribution >= 0.6 is 23.2 Å². The molecule has 1 N–H and O–H groups in total. The van der Waals surface area contributed by atoms with Crippen molar-refractivity contribution in [2.45, 2.75) is 4.84 Å². The van der Waals surface area contributed by atoms with Crippen LogP contribution in [-0.4, -0.2) is 30.1 Å². The van der Waals surface area contributed by atoms with E-state index in [1.165, 1.54) is 26.4 Å². The number of aromatic nitrogens is 1. The Hall–Kier alpha value is -2.50. The Morgan fingerprint density at radius 3 is 2.42 bits per heavy atom. The van der Waals surface area contributed by atoms with Crippen LogP contribution in [0.15, 0.2) is 42.5 Å². The zero-order valence-corrected chi connectivity index (χ0v) is 15.5. The number of methoxy groups -OCH3 is 2. The molecule has 0 saturated heterocycles. The monoisotopic (exact) mass is 391 g/mol. The maximum atomic E-state index is 13.0. The predicted octanol–water partition coefficient (Wildman–Crippen LogP) is 4.66. The molecule has 0 spiro atoms. The SMILES string of the molecule is COc1cc(OC)c2cc(C(=O)c3ccccc3O)c(C(Cl)Cl)nc2c1. The number of phenols is 1. The first-order chi connectivity index (χ1) is 12.5. The third kappa shape index (κ3) is 3.28. The summed E-state index contributed by atoms with van der Waals surface area (Å²) in [6.07, 6.45) is 0. The smallest absolute Gasteiger partial charge is 0.198 e. The summed E-state index contributed by atoms with van der Waals surface area (Å²) in [4.78, 5) is 16.4. The van der Waals surface area contributed by atoms with Gasteiger partial charge >= 0.3 is 0 Å². The Morgan fingerprint density at radius 2 is 1.81 bits per heavy atom. The molecule has 134 valence electrons. The van der Waals surface area contributed by atoms with Crippen molar-refractivity contribution in [3.05, 3.63) is 59.3 Å². The van der Waals surface area contributed by atoms with Gasteiger partial charge < -0.3 is 14.6 Å². The second-order valence-corrected chi connectivity index (χ2v) is 6.56. The molecule has 0 unspecified atom stereocenters. The minimum absolute atomic E-state index is 0.133. The van der Waals surface area contributed by atoms with E-state index in [0.29, 0.717) is 22.4 Å². The lowest BCUT2D eigenvalue weighted by atomic mass is 9.99. The molecular weight excluding hydrogens is 377 g/mol. The van der Waals surface area contributed by atoms with E-state index in [1.807, 2.05) is 0 Å². The van der Waals surface area contributed by atoms with Gasteiger partial charge in [0, 0.05) is 23.1 Å². The predicted molar refractivity (Wildman–Crippen MR) is 101 cm³/mol. The van der Waals surface area contributed by atoms with E-state index in [4.69, 9.17) is 32.7 Å². The normalized spacial score (nSPS) is 11.0. The molecule has 2 aromatic carbocycles. The lowest BCUT2D eigenvalue weighted by molar-refractivity contribution is 0.103. The van der Waals surface area contributed by atoms with Crippen LogP contribution in [0.4, 0.5) is 0 Å². The van der Waals surface area contributed by atoms with Gasteiger partial charge in [0.2, 0.25) is 0 Å². The summed E-state index contributed by atoms with van der Waals surface area (Å²) in [6, 6.07) is 11.3. The van der Waals surface area contributed by atoms with Crippen molar-refractivity contribution in [3.8, 4) is 17.2 Å². The van der Waals surface area contributed by atoms with Crippen molar-refractivity contribution in [1.82, 2.24) is 4.98 Å². The maximum absolute atomic E-state index is 13.0.